The van der Waals surface area contributed by atoms with Crippen LogP contribution in [0.5, 0.6) is 0 Å². The third-order valence-electron chi connectivity index (χ3n) is 4.28. The van der Waals surface area contributed by atoms with E-state index in [-0.39, 0.29) is 24.2 Å². The summed E-state index contributed by atoms with van der Waals surface area (Å²) >= 11 is 0. The fraction of sp³-hybridized carbons (Fsp3) is 0.368. The molecule has 4 heteroatoms. The first kappa shape index (κ1) is 17.0. The largest absolute Gasteiger partial charge is 0.481 e. The number of carboxylic acids is 1. The molecule has 0 saturated carbocycles. The molecule has 2 aromatic carbocycles. The lowest BCUT2D eigenvalue weighted by Crippen LogP contribution is -2.35. The van der Waals surface area contributed by atoms with Gasteiger partial charge < -0.3 is 10.4 Å². The van der Waals surface area contributed by atoms with Crippen LogP contribution in [0.3, 0.4) is 0 Å². The van der Waals surface area contributed by atoms with Crippen molar-refractivity contribution >= 4 is 22.6 Å². The van der Waals surface area contributed by atoms with E-state index in [1.54, 1.807) is 0 Å². The predicted molar refractivity (Wildman–Crippen MR) is 91.1 cm³/mol. The smallest absolute Gasteiger partial charge is 0.305 e. The van der Waals surface area contributed by atoms with Crippen LogP contribution in [0.15, 0.2) is 42.5 Å². The maximum Gasteiger partial charge on any atom is 0.305 e. The van der Waals surface area contributed by atoms with Crippen LogP contribution in [0, 0.1) is 11.8 Å². The highest BCUT2D eigenvalue weighted by Crippen LogP contribution is 2.23. The molecule has 2 N–H and O–H groups in total. The fourth-order valence-corrected chi connectivity index (χ4v) is 2.46. The van der Waals surface area contributed by atoms with Gasteiger partial charge >= 0.3 is 5.97 Å². The van der Waals surface area contributed by atoms with Crippen LogP contribution in [0.25, 0.3) is 10.8 Å². The van der Waals surface area contributed by atoms with Gasteiger partial charge in [-0.25, -0.2) is 0 Å². The molecule has 0 bridgehead atoms. The number of nitrogens with one attached hydrogen (secondary N) is 1. The number of aliphatic carboxylic acids is 1. The quantitative estimate of drug-likeness (QED) is 0.853. The number of benzene rings is 2. The number of fused-ring (bicyclic) bond motifs is 1. The van der Waals surface area contributed by atoms with Crippen molar-refractivity contribution in [3.63, 3.8) is 0 Å². The van der Waals surface area contributed by atoms with Crippen LogP contribution >= 0.6 is 0 Å². The van der Waals surface area contributed by atoms with Gasteiger partial charge in [0.15, 0.2) is 0 Å². The third-order valence-corrected chi connectivity index (χ3v) is 4.28. The number of hydrogen-bond acceptors (Lipinski definition) is 2. The summed E-state index contributed by atoms with van der Waals surface area (Å²) in [4.78, 5) is 23.5. The molecule has 2 aromatic rings. The molecule has 0 heterocycles. The van der Waals surface area contributed by atoms with Crippen molar-refractivity contribution in [3.05, 3.63) is 48.0 Å². The first-order chi connectivity index (χ1) is 10.9. The van der Waals surface area contributed by atoms with E-state index >= 15 is 0 Å². The van der Waals surface area contributed by atoms with Crippen molar-refractivity contribution in [1.82, 2.24) is 5.32 Å². The fourth-order valence-electron chi connectivity index (χ4n) is 2.46. The molecule has 0 saturated heterocycles. The lowest BCUT2D eigenvalue weighted by atomic mass is 9.95. The molecular weight excluding hydrogens is 290 g/mol. The topological polar surface area (TPSA) is 66.4 Å². The summed E-state index contributed by atoms with van der Waals surface area (Å²) in [5.41, 5.74) is 0.815. The first-order valence-electron chi connectivity index (χ1n) is 7.89. The average molecular weight is 313 g/mol. The van der Waals surface area contributed by atoms with E-state index in [2.05, 4.69) is 5.32 Å². The second kappa shape index (κ2) is 7.27. The highest BCUT2D eigenvalue weighted by atomic mass is 16.4. The highest BCUT2D eigenvalue weighted by Gasteiger charge is 2.23. The van der Waals surface area contributed by atoms with E-state index in [4.69, 9.17) is 5.11 Å². The van der Waals surface area contributed by atoms with Crippen LogP contribution in [0.2, 0.25) is 0 Å². The molecule has 4 nitrogen and oxygen atoms in total. The molecule has 0 fully saturated rings. The van der Waals surface area contributed by atoms with Gasteiger partial charge in [-0.1, -0.05) is 57.2 Å². The Morgan fingerprint density at radius 1 is 1.04 bits per heavy atom. The maximum atomic E-state index is 12.3. The number of carbonyl (C=O) groups is 2. The lowest BCUT2D eigenvalue weighted by molar-refractivity contribution is -0.138. The van der Waals surface area contributed by atoms with Crippen molar-refractivity contribution < 1.29 is 14.7 Å². The van der Waals surface area contributed by atoms with Crippen LogP contribution in [0.1, 0.15) is 38.8 Å². The Hall–Kier alpha value is -2.36. The van der Waals surface area contributed by atoms with Crippen LogP contribution < -0.4 is 5.32 Å². The Balaban J connectivity index is 2.29. The molecule has 0 aliphatic heterocycles. The van der Waals surface area contributed by atoms with E-state index in [9.17, 15) is 9.59 Å². The molecule has 0 radical (unpaired) electrons. The Labute approximate surface area is 136 Å². The minimum absolute atomic E-state index is 0.112. The number of rotatable bonds is 6. The molecular formula is C19H23NO3. The zero-order valence-electron chi connectivity index (χ0n) is 13.7. The summed E-state index contributed by atoms with van der Waals surface area (Å²) in [5.74, 6) is -0.996. The molecule has 23 heavy (non-hydrogen) atoms. The number of amides is 1. The molecule has 0 aromatic heterocycles. The second-order valence-electron chi connectivity index (χ2n) is 6.30. The van der Waals surface area contributed by atoms with Gasteiger partial charge in [-0.15, -0.1) is 0 Å². The third kappa shape index (κ3) is 4.31. The number of carbonyl (C=O) groups excluding carboxylic acids is 1. The van der Waals surface area contributed by atoms with Crippen molar-refractivity contribution in [2.75, 3.05) is 0 Å². The minimum atomic E-state index is -0.930. The number of carboxylic acid groups (broad SMARTS) is 1. The van der Waals surface area contributed by atoms with Crippen molar-refractivity contribution in [3.8, 4) is 0 Å². The first-order valence-corrected chi connectivity index (χ1v) is 7.89. The summed E-state index contributed by atoms with van der Waals surface area (Å²) in [6.45, 7) is 5.82. The summed E-state index contributed by atoms with van der Waals surface area (Å²) in [5, 5.41) is 14.2. The Kier molecular flexibility index (Phi) is 5.37. The SMILES string of the molecule is CC(C)C(C)C(=O)N[C@@H](CC(=O)O)c1ccc2ccccc2c1. The monoisotopic (exact) mass is 313 g/mol. The summed E-state index contributed by atoms with van der Waals surface area (Å²) in [6.07, 6.45) is -0.130. The molecule has 0 spiro atoms. The van der Waals surface area contributed by atoms with E-state index in [0.717, 1.165) is 16.3 Å². The van der Waals surface area contributed by atoms with E-state index in [0.29, 0.717) is 0 Å². The van der Waals surface area contributed by atoms with E-state index < -0.39 is 12.0 Å². The van der Waals surface area contributed by atoms with E-state index in [1.165, 1.54) is 0 Å². The van der Waals surface area contributed by atoms with Gasteiger partial charge in [-0.3, -0.25) is 9.59 Å². The van der Waals surface area contributed by atoms with Gasteiger partial charge in [-0.2, -0.15) is 0 Å². The Morgan fingerprint density at radius 3 is 2.30 bits per heavy atom. The van der Waals surface area contributed by atoms with Gasteiger partial charge in [0.05, 0.1) is 12.5 Å². The molecule has 1 amide bonds. The Bertz CT molecular complexity index is 709. The van der Waals surface area contributed by atoms with Gasteiger partial charge in [0, 0.05) is 5.92 Å². The predicted octanol–water partition coefficient (Wildman–Crippen LogP) is 3.76. The summed E-state index contributed by atoms with van der Waals surface area (Å²) in [7, 11) is 0. The maximum absolute atomic E-state index is 12.3. The highest BCUT2D eigenvalue weighted by molar-refractivity contribution is 5.84. The molecule has 2 rings (SSSR count). The Morgan fingerprint density at radius 2 is 1.70 bits per heavy atom. The molecule has 0 aliphatic rings. The second-order valence-corrected chi connectivity index (χ2v) is 6.30. The van der Waals surface area contributed by atoms with Crippen LogP contribution in [0.4, 0.5) is 0 Å². The summed E-state index contributed by atoms with van der Waals surface area (Å²) in [6, 6.07) is 13.2. The number of hydrogen-bond donors (Lipinski definition) is 2. The van der Waals surface area contributed by atoms with Crippen molar-refractivity contribution in [2.45, 2.75) is 33.2 Å². The van der Waals surface area contributed by atoms with Crippen molar-refractivity contribution in [2.24, 2.45) is 11.8 Å². The van der Waals surface area contributed by atoms with Crippen molar-refractivity contribution in [1.29, 1.82) is 0 Å². The molecule has 2 atom stereocenters. The summed E-state index contributed by atoms with van der Waals surface area (Å²) < 4.78 is 0. The van der Waals surface area contributed by atoms with Crippen LogP contribution in [-0.4, -0.2) is 17.0 Å². The normalized spacial score (nSPS) is 13.7. The standard InChI is InChI=1S/C19H23NO3/c1-12(2)13(3)19(23)20-17(11-18(21)22)16-9-8-14-6-4-5-7-15(14)10-16/h4-10,12-13,17H,11H2,1-3H3,(H,20,23)(H,21,22)/t13?,17-/m0/s1. The van der Waals surface area contributed by atoms with Gasteiger partial charge in [0.2, 0.25) is 5.91 Å². The minimum Gasteiger partial charge on any atom is -0.481 e. The van der Waals surface area contributed by atoms with Gasteiger partial charge in [0.25, 0.3) is 0 Å². The molecule has 122 valence electrons. The average Bonchev–Trinajstić information content (AvgIpc) is 2.52. The van der Waals surface area contributed by atoms with Gasteiger partial charge in [0.1, 0.15) is 0 Å². The zero-order chi connectivity index (χ0) is 17.0. The molecule has 0 aliphatic carbocycles. The lowest BCUT2D eigenvalue weighted by Gasteiger charge is -2.22. The molecule has 1 unspecified atom stereocenters. The zero-order valence-corrected chi connectivity index (χ0v) is 13.7. The van der Waals surface area contributed by atoms with Gasteiger partial charge in [-0.05, 0) is 28.3 Å². The van der Waals surface area contributed by atoms with Crippen LogP contribution in [-0.2, 0) is 9.59 Å². The van der Waals surface area contributed by atoms with E-state index in [1.807, 2.05) is 63.2 Å².